The predicted octanol–water partition coefficient (Wildman–Crippen LogP) is -5.12. The predicted molar refractivity (Wildman–Crippen MR) is 431 cm³/mol. The molecule has 0 spiro atoms. The Bertz CT molecular complexity index is 3990. The first-order chi connectivity index (χ1) is 60.9. The van der Waals surface area contributed by atoms with Crippen molar-refractivity contribution in [2.24, 2.45) is 50.2 Å². The highest BCUT2D eigenvalue weighted by Gasteiger charge is 2.71. The van der Waals surface area contributed by atoms with E-state index in [0.29, 0.717) is 68.4 Å². The van der Waals surface area contributed by atoms with Gasteiger partial charge in [-0.3, -0.25) is 4.79 Å². The molecule has 0 bridgehead atoms. The van der Waals surface area contributed by atoms with Crippen molar-refractivity contribution in [1.29, 1.82) is 0 Å². The zero-order valence-corrected chi connectivity index (χ0v) is 74.0. The molecule has 0 aromatic heterocycles. The molecule has 1 aromatic carbocycles. The van der Waals surface area contributed by atoms with Gasteiger partial charge in [0.05, 0.1) is 77.6 Å². The average Bonchev–Trinajstić information content (AvgIpc) is 0.673. The molecule has 734 valence electrons. The molecule has 42 nitrogen and oxygen atoms in total. The molecule has 46 atom stereocenters. The molecule has 12 fully saturated rings. The number of ether oxygens (including phenoxy) is 19. The molecule has 5 aliphatic carbocycles. The summed E-state index contributed by atoms with van der Waals surface area (Å²) in [6.45, 7) is 14.1. The molecule has 1 aromatic rings. The van der Waals surface area contributed by atoms with E-state index in [9.17, 15) is 112 Å². The van der Waals surface area contributed by atoms with E-state index >= 15 is 4.79 Å². The quantitative estimate of drug-likeness (QED) is 0.0188. The molecular formula is C87H134O42. The van der Waals surface area contributed by atoms with Crippen LogP contribution in [0.2, 0.25) is 0 Å². The van der Waals surface area contributed by atoms with Gasteiger partial charge in [-0.05, 0) is 147 Å². The minimum absolute atomic E-state index is 0.0266. The van der Waals surface area contributed by atoms with Gasteiger partial charge in [0.2, 0.25) is 6.29 Å². The Labute approximate surface area is 745 Å². The average molecular weight is 1850 g/mol. The van der Waals surface area contributed by atoms with Gasteiger partial charge in [0.15, 0.2) is 61.6 Å². The van der Waals surface area contributed by atoms with Crippen LogP contribution in [0.25, 0.3) is 6.08 Å². The first kappa shape index (κ1) is 101. The van der Waals surface area contributed by atoms with Gasteiger partial charge in [-0.2, -0.15) is 0 Å². The zero-order chi connectivity index (χ0) is 93.7. The number of aliphatic hydroxyl groups is 21. The summed E-state index contributed by atoms with van der Waals surface area (Å²) in [4.78, 5) is 28.7. The normalized spacial score (nSPS) is 49.9. The highest BCUT2D eigenvalue weighted by molar-refractivity contribution is 5.87. The van der Waals surface area contributed by atoms with E-state index in [2.05, 4.69) is 54.5 Å². The third-order valence-electron chi connectivity index (χ3n) is 31.1. The molecule has 4 saturated carbocycles. The third-order valence-corrected chi connectivity index (χ3v) is 31.1. The second-order valence-corrected chi connectivity index (χ2v) is 39.5. The van der Waals surface area contributed by atoms with Gasteiger partial charge >= 0.3 is 11.9 Å². The Morgan fingerprint density at radius 1 is 0.450 bits per heavy atom. The lowest BCUT2D eigenvalue weighted by molar-refractivity contribution is -0.386. The Morgan fingerprint density at radius 2 is 0.992 bits per heavy atom. The van der Waals surface area contributed by atoms with Gasteiger partial charge in [0.1, 0.15) is 165 Å². The van der Waals surface area contributed by atoms with E-state index in [1.165, 1.54) is 34.1 Å². The molecule has 14 rings (SSSR count). The van der Waals surface area contributed by atoms with Crippen LogP contribution < -0.4 is 9.47 Å². The number of aliphatic hydroxyl groups excluding tert-OH is 21. The second kappa shape index (κ2) is 39.7. The van der Waals surface area contributed by atoms with Crippen LogP contribution in [-0.4, -0.2) is 413 Å². The standard InChI is InChI=1S/C87H134O42/c1-34-51(93)57(99)63(105)75(116-34)125-68-43(29-89)119-73(65(107)60(68)102)114-32-45-55(97)58(100)64(106)77(122-45)129-81(110)87-24-22-82(3,4)27-38(87)37-14-16-48-84(7)20-19-49(83(5,6)47(84)18-21-86(48,9)85(37,8)23-25-87)123-79-71(53(95)39(91)31-113-79)128-78-67(109)70(52(94)35(2)117-78)127-74-62(104)56(98)46(33-115-74)121-76-66(108)61(103)69(44(30-90)120-76)126-80-72(59(101)54(96)42(28-88)118-80)124-50(92)17-13-36-12-15-40(111-10)41(26-36)112-11/h12-15,17,26,34-35,38-39,42-49,51-80,88-91,93-109H,16,18-25,27-33H2,1-11H3. The van der Waals surface area contributed by atoms with Gasteiger partial charge in [-0.15, -0.1) is 0 Å². The number of esters is 2. The lowest BCUT2D eigenvalue weighted by atomic mass is 9.33. The summed E-state index contributed by atoms with van der Waals surface area (Å²) in [7, 11) is 2.85. The zero-order valence-electron chi connectivity index (χ0n) is 74.0. The number of hydrogen-bond donors (Lipinski definition) is 21. The third kappa shape index (κ3) is 18.9. The Balaban J connectivity index is 0.593. The smallest absolute Gasteiger partial charge is 0.331 e. The summed E-state index contributed by atoms with van der Waals surface area (Å²) in [6, 6.07) is 4.74. The summed E-state index contributed by atoms with van der Waals surface area (Å²) in [5.41, 5.74) is -1.42. The van der Waals surface area contributed by atoms with Crippen LogP contribution in [0.4, 0.5) is 0 Å². The lowest BCUT2D eigenvalue weighted by Crippen LogP contribution is -2.67. The first-order valence-electron chi connectivity index (χ1n) is 44.7. The Hall–Kier alpha value is -4.20. The van der Waals surface area contributed by atoms with Crippen molar-refractivity contribution < 1.29 is 207 Å². The number of rotatable bonds is 25. The lowest BCUT2D eigenvalue weighted by Gasteiger charge is -2.71. The number of hydrogen-bond acceptors (Lipinski definition) is 42. The van der Waals surface area contributed by atoms with Crippen LogP contribution >= 0.6 is 0 Å². The fourth-order valence-corrected chi connectivity index (χ4v) is 23.1. The molecule has 21 N–H and O–H groups in total. The van der Waals surface area contributed by atoms with Gasteiger partial charge in [-0.25, -0.2) is 4.79 Å². The number of allylic oxidation sites excluding steroid dienone is 2. The number of fused-ring (bicyclic) bond motifs is 7. The molecule has 13 aliphatic rings. The van der Waals surface area contributed by atoms with Gasteiger partial charge in [-0.1, -0.05) is 66.2 Å². The molecular weight excluding hydrogens is 1720 g/mol. The Morgan fingerprint density at radius 3 is 1.66 bits per heavy atom. The van der Waals surface area contributed by atoms with Crippen molar-refractivity contribution in [3.8, 4) is 11.5 Å². The molecule has 46 unspecified atom stereocenters. The SMILES string of the molecule is COc1ccc(C=CC(=O)OC2C(OC3C(CO)OC(OC4COC(OC5C(O)C(C)OC(OC6C(OC7CCC8(C)C(CCC9(C)C8CC=C8C%10CC(C)(C)CCC%10(C(=O)OC%10OC(COC%11OC(CO)C(OC%12OC(C)C(O)C(O)C%12O)C(O)C%11O)C(O)C(O)C%10O)CCC89C)C7(C)C)OCC(O)C6O)C5O)C(O)C4O)C(O)C3O)OC(CO)C(O)C2O)cc1OC. The van der Waals surface area contributed by atoms with Crippen LogP contribution in [0.1, 0.15) is 132 Å². The first-order valence-corrected chi connectivity index (χ1v) is 44.7. The van der Waals surface area contributed by atoms with E-state index in [-0.39, 0.29) is 40.6 Å². The fourth-order valence-electron chi connectivity index (χ4n) is 23.1. The van der Waals surface area contributed by atoms with Crippen LogP contribution in [-0.2, 0) is 90.1 Å². The molecule has 8 aliphatic heterocycles. The van der Waals surface area contributed by atoms with Crippen molar-refractivity contribution in [1.82, 2.24) is 0 Å². The maximum absolute atomic E-state index is 15.4. The topological polar surface area (TPSA) is 634 Å². The monoisotopic (exact) mass is 1850 g/mol. The molecule has 129 heavy (non-hydrogen) atoms. The largest absolute Gasteiger partial charge is 0.493 e. The highest BCUT2D eigenvalue weighted by Crippen LogP contribution is 2.76. The molecule has 0 radical (unpaired) electrons. The van der Waals surface area contributed by atoms with E-state index in [0.717, 1.165) is 24.5 Å². The summed E-state index contributed by atoms with van der Waals surface area (Å²) >= 11 is 0. The second-order valence-electron chi connectivity index (χ2n) is 39.5. The number of methoxy groups -OCH3 is 2. The number of benzene rings is 1. The summed E-state index contributed by atoms with van der Waals surface area (Å²) in [5.74, 6) is -1.19. The summed E-state index contributed by atoms with van der Waals surface area (Å²) in [5, 5.41) is 234. The van der Waals surface area contributed by atoms with E-state index in [1.54, 1.807) is 18.2 Å². The van der Waals surface area contributed by atoms with E-state index < -0.39 is 301 Å². The molecule has 8 saturated heterocycles. The van der Waals surface area contributed by atoms with Gasteiger partial charge in [0.25, 0.3) is 0 Å². The van der Waals surface area contributed by atoms with Crippen molar-refractivity contribution >= 4 is 18.0 Å². The minimum atomic E-state index is -2.10. The van der Waals surface area contributed by atoms with Gasteiger partial charge < -0.3 is 197 Å². The van der Waals surface area contributed by atoms with Crippen molar-refractivity contribution in [3.05, 3.63) is 41.5 Å². The van der Waals surface area contributed by atoms with Crippen molar-refractivity contribution in [3.63, 3.8) is 0 Å². The number of carbonyl (C=O) groups excluding carboxylic acids is 2. The van der Waals surface area contributed by atoms with Crippen LogP contribution in [0.3, 0.4) is 0 Å². The van der Waals surface area contributed by atoms with Crippen molar-refractivity contribution in [2.45, 2.75) is 366 Å². The summed E-state index contributed by atoms with van der Waals surface area (Å²) < 4.78 is 112. The Kier molecular flexibility index (Phi) is 31.0. The van der Waals surface area contributed by atoms with Crippen LogP contribution in [0, 0.1) is 50.2 Å². The highest BCUT2D eigenvalue weighted by atomic mass is 16.8. The summed E-state index contributed by atoms with van der Waals surface area (Å²) in [6.07, 6.45) is -55.8. The van der Waals surface area contributed by atoms with Crippen LogP contribution in [0.5, 0.6) is 11.5 Å². The molecule has 8 heterocycles. The van der Waals surface area contributed by atoms with E-state index in [1.807, 2.05) is 0 Å². The molecule has 42 heteroatoms. The van der Waals surface area contributed by atoms with Crippen molar-refractivity contribution in [2.75, 3.05) is 53.9 Å². The van der Waals surface area contributed by atoms with Crippen LogP contribution in [0.15, 0.2) is 35.9 Å². The molecule has 0 amide bonds. The minimum Gasteiger partial charge on any atom is -0.493 e. The maximum atomic E-state index is 15.4. The van der Waals surface area contributed by atoms with E-state index in [4.69, 9.17) is 90.0 Å². The maximum Gasteiger partial charge on any atom is 0.331 e. The number of carbonyl (C=O) groups is 2. The van der Waals surface area contributed by atoms with Gasteiger partial charge in [0, 0.05) is 6.08 Å². The fraction of sp³-hybridized carbons (Fsp3) is 0.862.